The van der Waals surface area contributed by atoms with Gasteiger partial charge >= 0.3 is 17.8 Å². The minimum atomic E-state index is -1.02. The van der Waals surface area contributed by atoms with Gasteiger partial charge in [-0.15, -0.1) is 0 Å². The summed E-state index contributed by atoms with van der Waals surface area (Å²) in [7, 11) is 0. The molecule has 0 bridgehead atoms. The van der Waals surface area contributed by atoms with Gasteiger partial charge in [0.25, 0.3) is 0 Å². The molecule has 2 saturated heterocycles. The molecule has 132 valence electrons. The van der Waals surface area contributed by atoms with Gasteiger partial charge in [-0.2, -0.15) is 4.98 Å². The maximum Gasteiger partial charge on any atom is 0.509 e. The molecule has 11 nitrogen and oxygen atoms in total. The first-order chi connectivity index (χ1) is 12.0. The van der Waals surface area contributed by atoms with Crippen molar-refractivity contribution in [3.8, 4) is 11.8 Å². The van der Waals surface area contributed by atoms with Crippen LogP contribution in [0.2, 0.25) is 0 Å². The molecule has 1 aromatic rings. The normalized spacial score (nSPS) is 26.7. The van der Waals surface area contributed by atoms with Gasteiger partial charge in [-0.1, -0.05) is 5.92 Å². The van der Waals surface area contributed by atoms with Gasteiger partial charge in [0.05, 0.1) is 0 Å². The third-order valence-corrected chi connectivity index (χ3v) is 3.57. The number of hydrogen-bond donors (Lipinski definition) is 2. The number of esters is 1. The number of nitrogens with one attached hydrogen (secondary N) is 1. The van der Waals surface area contributed by atoms with Gasteiger partial charge in [0.15, 0.2) is 24.3 Å². The summed E-state index contributed by atoms with van der Waals surface area (Å²) in [6.07, 6.45) is -3.25. The Labute approximate surface area is 140 Å². The number of anilines is 1. The highest BCUT2D eigenvalue weighted by Crippen LogP contribution is 2.37. The molecule has 2 aliphatic rings. The predicted octanol–water partition coefficient (Wildman–Crippen LogP) is -0.588. The number of carbonyl (C=O) groups excluding carboxylic acids is 2. The number of fused-ring (bicyclic) bond motifs is 1. The highest BCUT2D eigenvalue weighted by Gasteiger charge is 2.55. The van der Waals surface area contributed by atoms with Crippen LogP contribution in [0.5, 0.6) is 0 Å². The molecule has 4 atom stereocenters. The fourth-order valence-electron chi connectivity index (χ4n) is 2.55. The lowest BCUT2D eigenvalue weighted by Crippen LogP contribution is -2.34. The van der Waals surface area contributed by atoms with E-state index in [1.165, 1.54) is 19.2 Å². The number of carbonyl (C=O) groups is 2. The molecule has 0 amide bonds. The first kappa shape index (κ1) is 16.7. The molecule has 25 heavy (non-hydrogen) atoms. The number of hydrogen-bond acceptors (Lipinski definition) is 10. The molecule has 0 aliphatic carbocycles. The van der Waals surface area contributed by atoms with Crippen molar-refractivity contribution in [1.82, 2.24) is 9.55 Å². The largest absolute Gasteiger partial charge is 0.509 e. The second kappa shape index (κ2) is 6.80. The van der Waals surface area contributed by atoms with Crippen molar-refractivity contribution in [3.05, 3.63) is 22.7 Å². The Morgan fingerprint density at radius 1 is 1.44 bits per heavy atom. The maximum atomic E-state index is 12.0. The standard InChI is InChI=1S/C14H13N3O8/c1-2-3-9(18)22-6-7-10-11(25-14(20)24-10)12(23-7)17-5-4-8(16-21)15-13(17)19/h4-5,7,10-12,21H,6H2,1H3,(H,15,16,19)/t7-,10-,11-,12-/m1/s1. The first-order valence-corrected chi connectivity index (χ1v) is 7.15. The van der Waals surface area contributed by atoms with Crippen LogP contribution in [-0.4, -0.2) is 51.8 Å². The predicted molar refractivity (Wildman–Crippen MR) is 77.4 cm³/mol. The number of rotatable bonds is 4. The fraction of sp³-hybridized carbons (Fsp3) is 0.429. The van der Waals surface area contributed by atoms with Crippen LogP contribution in [0.25, 0.3) is 0 Å². The summed E-state index contributed by atoms with van der Waals surface area (Å²) >= 11 is 0. The summed E-state index contributed by atoms with van der Waals surface area (Å²) in [4.78, 5) is 38.4. The SMILES string of the molecule is CC#CC(=O)OC[C@H]1O[C@@H](n2ccc(NO)nc2=O)[C@@H]2OC(=O)O[C@@H]21. The zero-order valence-electron chi connectivity index (χ0n) is 12.9. The zero-order chi connectivity index (χ0) is 18.0. The van der Waals surface area contributed by atoms with Crippen LogP contribution in [0.1, 0.15) is 13.2 Å². The van der Waals surface area contributed by atoms with Crippen molar-refractivity contribution in [1.29, 1.82) is 0 Å². The van der Waals surface area contributed by atoms with E-state index in [1.54, 1.807) is 5.48 Å². The smallest absolute Gasteiger partial charge is 0.453 e. The monoisotopic (exact) mass is 351 g/mol. The first-order valence-electron chi connectivity index (χ1n) is 7.15. The van der Waals surface area contributed by atoms with E-state index in [-0.39, 0.29) is 12.4 Å². The molecule has 2 aliphatic heterocycles. The summed E-state index contributed by atoms with van der Waals surface area (Å²) in [6.45, 7) is 1.25. The second-order valence-corrected chi connectivity index (χ2v) is 5.07. The Morgan fingerprint density at radius 2 is 2.20 bits per heavy atom. The van der Waals surface area contributed by atoms with Crippen molar-refractivity contribution in [2.75, 3.05) is 12.1 Å². The average Bonchev–Trinajstić information content (AvgIpc) is 3.11. The number of nitrogens with zero attached hydrogens (tertiary/aromatic N) is 2. The van der Waals surface area contributed by atoms with Crippen molar-refractivity contribution < 1.29 is 33.7 Å². The Kier molecular flexibility index (Phi) is 4.55. The quantitative estimate of drug-likeness (QED) is 0.313. The van der Waals surface area contributed by atoms with Crippen molar-refractivity contribution >= 4 is 17.9 Å². The van der Waals surface area contributed by atoms with Crippen LogP contribution in [0.3, 0.4) is 0 Å². The van der Waals surface area contributed by atoms with E-state index in [4.69, 9.17) is 24.2 Å². The maximum absolute atomic E-state index is 12.0. The van der Waals surface area contributed by atoms with E-state index in [0.29, 0.717) is 0 Å². The van der Waals surface area contributed by atoms with E-state index in [1.807, 2.05) is 0 Å². The Morgan fingerprint density at radius 3 is 2.88 bits per heavy atom. The lowest BCUT2D eigenvalue weighted by molar-refractivity contribution is -0.144. The molecule has 0 aromatic carbocycles. The van der Waals surface area contributed by atoms with E-state index in [9.17, 15) is 14.4 Å². The molecule has 3 heterocycles. The molecule has 0 saturated carbocycles. The molecule has 0 unspecified atom stereocenters. The summed E-state index contributed by atoms with van der Waals surface area (Å²) in [5.41, 5.74) is 0.997. The van der Waals surface area contributed by atoms with Crippen LogP contribution in [0.15, 0.2) is 17.1 Å². The van der Waals surface area contributed by atoms with Crippen molar-refractivity contribution in [2.24, 2.45) is 0 Å². The highest BCUT2D eigenvalue weighted by molar-refractivity contribution is 5.88. The molecule has 1 aromatic heterocycles. The molecule has 11 heteroatoms. The molecule has 0 radical (unpaired) electrons. The lowest BCUT2D eigenvalue weighted by atomic mass is 10.1. The Hall–Kier alpha value is -3.10. The molecular formula is C14H13N3O8. The van der Waals surface area contributed by atoms with Crippen LogP contribution in [0, 0.1) is 11.8 Å². The minimum Gasteiger partial charge on any atom is -0.453 e. The zero-order valence-corrected chi connectivity index (χ0v) is 12.9. The summed E-state index contributed by atoms with van der Waals surface area (Å²) in [6, 6.07) is 1.32. The van der Waals surface area contributed by atoms with Gasteiger partial charge in [-0.05, 0) is 13.0 Å². The highest BCUT2D eigenvalue weighted by atomic mass is 16.8. The van der Waals surface area contributed by atoms with Crippen molar-refractivity contribution in [2.45, 2.75) is 31.5 Å². The third-order valence-electron chi connectivity index (χ3n) is 3.57. The Balaban J connectivity index is 1.81. The van der Waals surface area contributed by atoms with E-state index in [0.717, 1.165) is 4.57 Å². The van der Waals surface area contributed by atoms with E-state index >= 15 is 0 Å². The molecule has 0 spiro atoms. The molecule has 2 fully saturated rings. The van der Waals surface area contributed by atoms with Gasteiger partial charge in [-0.25, -0.2) is 14.4 Å². The van der Waals surface area contributed by atoms with Gasteiger partial charge in [0, 0.05) is 12.1 Å². The summed E-state index contributed by atoms with van der Waals surface area (Å²) in [5.74, 6) is 3.78. The summed E-state index contributed by atoms with van der Waals surface area (Å²) < 4.78 is 21.7. The average molecular weight is 351 g/mol. The van der Waals surface area contributed by atoms with Gasteiger partial charge in [-0.3, -0.25) is 15.3 Å². The van der Waals surface area contributed by atoms with Crippen molar-refractivity contribution in [3.63, 3.8) is 0 Å². The van der Waals surface area contributed by atoms with Crippen LogP contribution < -0.4 is 11.2 Å². The molecule has 2 N–H and O–H groups in total. The van der Waals surface area contributed by atoms with Crippen LogP contribution in [0.4, 0.5) is 10.6 Å². The minimum absolute atomic E-state index is 0.0564. The summed E-state index contributed by atoms with van der Waals surface area (Å²) in [5, 5.41) is 8.77. The van der Waals surface area contributed by atoms with E-state index < -0.39 is 42.4 Å². The Bertz CT molecular complexity index is 810. The van der Waals surface area contributed by atoms with Gasteiger partial charge in [0.1, 0.15) is 12.7 Å². The topological polar surface area (TPSA) is 138 Å². The fourth-order valence-corrected chi connectivity index (χ4v) is 2.55. The van der Waals surface area contributed by atoms with Crippen LogP contribution in [-0.2, 0) is 23.7 Å². The lowest BCUT2D eigenvalue weighted by Gasteiger charge is -2.18. The third kappa shape index (κ3) is 3.25. The van der Waals surface area contributed by atoms with Crippen LogP contribution >= 0.6 is 0 Å². The molecule has 3 rings (SSSR count). The van der Waals surface area contributed by atoms with Gasteiger partial charge in [0.2, 0.25) is 0 Å². The van der Waals surface area contributed by atoms with E-state index in [2.05, 4.69) is 16.8 Å². The number of aromatic nitrogens is 2. The van der Waals surface area contributed by atoms with Gasteiger partial charge < -0.3 is 18.9 Å². The molecular weight excluding hydrogens is 338 g/mol. The number of ether oxygens (including phenoxy) is 4. The second-order valence-electron chi connectivity index (χ2n) is 5.07.